The minimum atomic E-state index is -0.983. The Morgan fingerprint density at radius 1 is 1.43 bits per heavy atom. The predicted molar refractivity (Wildman–Crippen MR) is 82.9 cm³/mol. The number of hydrogen-bond acceptors (Lipinski definition) is 4. The number of fused-ring (bicyclic) bond motifs is 1. The van der Waals surface area contributed by atoms with Gasteiger partial charge in [-0.1, -0.05) is 31.5 Å². The molecule has 2 aromatic rings. The van der Waals surface area contributed by atoms with Crippen molar-refractivity contribution in [3.05, 3.63) is 35.9 Å². The van der Waals surface area contributed by atoms with Crippen LogP contribution in [0, 0.1) is 0 Å². The summed E-state index contributed by atoms with van der Waals surface area (Å²) in [6.45, 7) is 2.59. The lowest BCUT2D eigenvalue weighted by atomic mass is 10.1. The summed E-state index contributed by atoms with van der Waals surface area (Å²) in [6, 6.07) is 9.19. The highest BCUT2D eigenvalue weighted by Crippen LogP contribution is 2.21. The van der Waals surface area contributed by atoms with Crippen LogP contribution >= 0.6 is 0 Å². The second-order valence-electron chi connectivity index (χ2n) is 4.97. The van der Waals surface area contributed by atoms with Crippen molar-refractivity contribution in [3.63, 3.8) is 0 Å². The number of pyridine rings is 1. The van der Waals surface area contributed by atoms with E-state index in [9.17, 15) is 9.90 Å². The normalized spacial score (nSPS) is 12.3. The van der Waals surface area contributed by atoms with E-state index in [1.165, 1.54) is 0 Å². The largest absolute Gasteiger partial charge is 0.478 e. The van der Waals surface area contributed by atoms with Gasteiger partial charge in [0.1, 0.15) is 11.4 Å². The van der Waals surface area contributed by atoms with Gasteiger partial charge < -0.3 is 15.2 Å². The van der Waals surface area contributed by atoms with E-state index in [0.29, 0.717) is 12.4 Å². The van der Waals surface area contributed by atoms with Crippen molar-refractivity contribution in [3.8, 4) is 0 Å². The molecule has 0 aliphatic heterocycles. The Hall–Kier alpha value is -2.14. The minimum Gasteiger partial charge on any atom is -0.478 e. The van der Waals surface area contributed by atoms with Crippen LogP contribution in [0.3, 0.4) is 0 Å². The number of methoxy groups -OCH3 is 1. The molecule has 112 valence electrons. The molecule has 0 spiro atoms. The van der Waals surface area contributed by atoms with E-state index >= 15 is 0 Å². The number of carboxylic acid groups (broad SMARTS) is 1. The monoisotopic (exact) mass is 288 g/mol. The Balaban J connectivity index is 2.40. The third-order valence-corrected chi connectivity index (χ3v) is 3.30. The van der Waals surface area contributed by atoms with Gasteiger partial charge in [0.05, 0.1) is 18.2 Å². The smallest absolute Gasteiger partial charge is 0.339 e. The second-order valence-corrected chi connectivity index (χ2v) is 4.97. The number of nitrogens with zero attached hydrogens (tertiary/aromatic N) is 1. The first-order valence-electron chi connectivity index (χ1n) is 7.04. The van der Waals surface area contributed by atoms with Crippen molar-refractivity contribution in [1.82, 2.24) is 4.98 Å². The molecule has 0 saturated heterocycles. The topological polar surface area (TPSA) is 71.5 Å². The van der Waals surface area contributed by atoms with E-state index in [0.717, 1.165) is 23.7 Å². The van der Waals surface area contributed by atoms with Crippen LogP contribution < -0.4 is 5.32 Å². The van der Waals surface area contributed by atoms with Crippen LogP contribution in [0.1, 0.15) is 30.1 Å². The van der Waals surface area contributed by atoms with Crippen molar-refractivity contribution in [2.45, 2.75) is 25.8 Å². The Morgan fingerprint density at radius 2 is 2.19 bits per heavy atom. The average molecular weight is 288 g/mol. The first-order valence-corrected chi connectivity index (χ1v) is 7.04. The molecular weight excluding hydrogens is 268 g/mol. The van der Waals surface area contributed by atoms with E-state index in [4.69, 9.17) is 4.74 Å². The first-order chi connectivity index (χ1) is 10.2. The molecule has 1 aromatic heterocycles. The third-order valence-electron chi connectivity index (χ3n) is 3.30. The van der Waals surface area contributed by atoms with E-state index in [2.05, 4.69) is 17.2 Å². The number of aromatic nitrogens is 1. The van der Waals surface area contributed by atoms with E-state index in [1.807, 2.05) is 24.3 Å². The van der Waals surface area contributed by atoms with Gasteiger partial charge in [0.15, 0.2) is 0 Å². The summed E-state index contributed by atoms with van der Waals surface area (Å²) in [5.41, 5.74) is 0.962. The summed E-state index contributed by atoms with van der Waals surface area (Å²) in [6.07, 6.45) is 1.87. The SMILES string of the molecule is CCCC(COC)Nc1nc2ccccc2cc1C(=O)O. The number of hydrogen-bond donors (Lipinski definition) is 2. The number of aromatic carboxylic acids is 1. The third kappa shape index (κ3) is 3.70. The molecule has 1 aromatic carbocycles. The molecule has 5 nitrogen and oxygen atoms in total. The quantitative estimate of drug-likeness (QED) is 0.819. The number of carboxylic acids is 1. The molecular formula is C16H20N2O3. The number of carbonyl (C=O) groups is 1. The molecule has 1 unspecified atom stereocenters. The fourth-order valence-corrected chi connectivity index (χ4v) is 2.33. The highest BCUT2D eigenvalue weighted by atomic mass is 16.5. The van der Waals surface area contributed by atoms with Crippen molar-refractivity contribution in [2.75, 3.05) is 19.0 Å². The maximum atomic E-state index is 11.5. The van der Waals surface area contributed by atoms with Crippen LogP contribution in [0.5, 0.6) is 0 Å². The maximum absolute atomic E-state index is 11.5. The molecule has 0 radical (unpaired) electrons. The average Bonchev–Trinajstić information content (AvgIpc) is 2.47. The van der Waals surface area contributed by atoms with Crippen molar-refractivity contribution in [1.29, 1.82) is 0 Å². The highest BCUT2D eigenvalue weighted by Gasteiger charge is 2.16. The Labute approximate surface area is 124 Å². The number of anilines is 1. The molecule has 0 bridgehead atoms. The molecule has 0 fully saturated rings. The molecule has 0 saturated carbocycles. The van der Waals surface area contributed by atoms with Gasteiger partial charge in [-0.3, -0.25) is 0 Å². The molecule has 1 heterocycles. The zero-order valence-corrected chi connectivity index (χ0v) is 12.3. The van der Waals surface area contributed by atoms with Gasteiger partial charge in [0.25, 0.3) is 0 Å². The van der Waals surface area contributed by atoms with Crippen molar-refractivity contribution < 1.29 is 14.6 Å². The van der Waals surface area contributed by atoms with E-state index in [-0.39, 0.29) is 11.6 Å². The fraction of sp³-hybridized carbons (Fsp3) is 0.375. The van der Waals surface area contributed by atoms with Gasteiger partial charge in [-0.15, -0.1) is 0 Å². The van der Waals surface area contributed by atoms with Crippen LogP contribution in [0.2, 0.25) is 0 Å². The van der Waals surface area contributed by atoms with Crippen molar-refractivity contribution in [2.24, 2.45) is 0 Å². The standard InChI is InChI=1S/C16H20N2O3/c1-3-6-12(10-21-2)17-15-13(16(19)20)9-11-7-4-5-8-14(11)18-15/h4-5,7-9,12H,3,6,10H2,1-2H3,(H,17,18)(H,19,20). The van der Waals surface area contributed by atoms with Gasteiger partial charge in [-0.25, -0.2) is 9.78 Å². The molecule has 1 atom stereocenters. The van der Waals surface area contributed by atoms with Crippen LogP contribution in [0.25, 0.3) is 10.9 Å². The highest BCUT2D eigenvalue weighted by molar-refractivity contribution is 5.98. The number of para-hydroxylation sites is 1. The predicted octanol–water partition coefficient (Wildman–Crippen LogP) is 3.16. The van der Waals surface area contributed by atoms with Gasteiger partial charge >= 0.3 is 5.97 Å². The van der Waals surface area contributed by atoms with E-state index in [1.54, 1.807) is 13.2 Å². The summed E-state index contributed by atoms with van der Waals surface area (Å²) in [7, 11) is 1.64. The lowest BCUT2D eigenvalue weighted by molar-refractivity contribution is 0.0697. The van der Waals surface area contributed by atoms with E-state index < -0.39 is 5.97 Å². The van der Waals surface area contributed by atoms with Gasteiger partial charge in [-0.05, 0) is 18.6 Å². The van der Waals surface area contributed by atoms with Crippen LogP contribution in [-0.2, 0) is 4.74 Å². The zero-order chi connectivity index (χ0) is 15.2. The maximum Gasteiger partial charge on any atom is 0.339 e. The lowest BCUT2D eigenvalue weighted by Crippen LogP contribution is -2.26. The molecule has 2 N–H and O–H groups in total. The summed E-state index contributed by atoms with van der Waals surface area (Å²) in [5, 5.41) is 13.4. The minimum absolute atomic E-state index is 0.0479. The van der Waals surface area contributed by atoms with Crippen LogP contribution in [0.15, 0.2) is 30.3 Å². The summed E-state index contributed by atoms with van der Waals surface area (Å²) >= 11 is 0. The molecule has 2 rings (SSSR count). The van der Waals surface area contributed by atoms with Crippen molar-refractivity contribution >= 4 is 22.7 Å². The lowest BCUT2D eigenvalue weighted by Gasteiger charge is -2.19. The van der Waals surface area contributed by atoms with Gasteiger partial charge in [0.2, 0.25) is 0 Å². The van der Waals surface area contributed by atoms with Gasteiger partial charge in [0, 0.05) is 12.5 Å². The fourth-order valence-electron chi connectivity index (χ4n) is 2.33. The summed E-state index contributed by atoms with van der Waals surface area (Å²) in [4.78, 5) is 15.9. The number of nitrogens with one attached hydrogen (secondary N) is 1. The Kier molecular flexibility index (Phi) is 5.11. The van der Waals surface area contributed by atoms with Gasteiger partial charge in [-0.2, -0.15) is 0 Å². The Bertz CT molecular complexity index is 622. The molecule has 21 heavy (non-hydrogen) atoms. The summed E-state index contributed by atoms with van der Waals surface area (Å²) < 4.78 is 5.18. The number of benzene rings is 1. The molecule has 0 aliphatic rings. The number of rotatable bonds is 7. The molecule has 0 aliphatic carbocycles. The summed E-state index contributed by atoms with van der Waals surface area (Å²) in [5.74, 6) is -0.583. The first kappa shape index (κ1) is 15.3. The Morgan fingerprint density at radius 3 is 2.86 bits per heavy atom. The van der Waals surface area contributed by atoms with Crippen LogP contribution in [-0.4, -0.2) is 35.8 Å². The van der Waals surface area contributed by atoms with Crippen LogP contribution in [0.4, 0.5) is 5.82 Å². The molecule has 0 amide bonds. The zero-order valence-electron chi connectivity index (χ0n) is 12.3. The number of ether oxygens (including phenoxy) is 1. The molecule has 5 heteroatoms. The second kappa shape index (κ2) is 7.04.